The van der Waals surface area contributed by atoms with Gasteiger partial charge in [-0.2, -0.15) is 0 Å². The van der Waals surface area contributed by atoms with E-state index >= 15 is 0 Å². The molecule has 0 amide bonds. The Kier molecular flexibility index (Phi) is 4.48. The summed E-state index contributed by atoms with van der Waals surface area (Å²) in [6.07, 6.45) is 4.69. The van der Waals surface area contributed by atoms with Crippen LogP contribution in [0, 0.1) is 5.41 Å². The monoisotopic (exact) mass is 312 g/mol. The lowest BCUT2D eigenvalue weighted by Crippen LogP contribution is -2.37. The van der Waals surface area contributed by atoms with Gasteiger partial charge in [0.25, 0.3) is 0 Å². The summed E-state index contributed by atoms with van der Waals surface area (Å²) in [5, 5.41) is 9.45. The smallest absolute Gasteiger partial charge is 0.231 e. The second-order valence-corrected chi connectivity index (χ2v) is 6.82. The Labute approximate surface area is 124 Å². The van der Waals surface area contributed by atoms with Gasteiger partial charge in [0, 0.05) is 23.9 Å². The summed E-state index contributed by atoms with van der Waals surface area (Å²) in [7, 11) is -3.55. The molecule has 2 heterocycles. The first-order chi connectivity index (χ1) is 9.87. The van der Waals surface area contributed by atoms with Crippen LogP contribution in [0.15, 0.2) is 24.5 Å². The maximum absolute atomic E-state index is 11.4. The molecular weight excluding hydrogens is 292 g/mol. The van der Waals surface area contributed by atoms with E-state index < -0.39 is 15.4 Å². The quantitative estimate of drug-likeness (QED) is 0.828. The number of ether oxygens (including phenoxy) is 1. The number of nitrogens with two attached hydrogens (primary N) is 1. The molecule has 21 heavy (non-hydrogen) atoms. The third-order valence-corrected chi connectivity index (χ3v) is 4.78. The molecule has 0 atom stereocenters. The zero-order valence-electron chi connectivity index (χ0n) is 12.2. The number of primary sulfonamides is 1. The van der Waals surface area contributed by atoms with Gasteiger partial charge in [0.1, 0.15) is 0 Å². The molecule has 0 radical (unpaired) electrons. The van der Waals surface area contributed by atoms with Gasteiger partial charge in [-0.05, 0) is 18.9 Å². The minimum Gasteiger partial charge on any atom is -0.476 e. The lowest BCUT2D eigenvalue weighted by atomic mass is 9.85. The summed E-state index contributed by atoms with van der Waals surface area (Å²) < 4.78 is 30.1. The van der Waals surface area contributed by atoms with Crippen molar-refractivity contribution in [3.05, 3.63) is 24.5 Å². The number of rotatable bonds is 7. The molecule has 0 bridgehead atoms. The second kappa shape index (κ2) is 5.98. The van der Waals surface area contributed by atoms with Crippen LogP contribution in [0.4, 0.5) is 0 Å². The van der Waals surface area contributed by atoms with Gasteiger partial charge in [-0.25, -0.2) is 23.1 Å². The number of imidazole rings is 1. The summed E-state index contributed by atoms with van der Waals surface area (Å²) in [5.41, 5.74) is 0.225. The number of sulfonamides is 1. The van der Waals surface area contributed by atoms with Crippen LogP contribution in [0.5, 0.6) is 5.88 Å². The van der Waals surface area contributed by atoms with E-state index in [1.54, 1.807) is 29.0 Å². The van der Waals surface area contributed by atoms with E-state index in [0.717, 1.165) is 5.65 Å². The van der Waals surface area contributed by atoms with Crippen molar-refractivity contribution in [2.24, 2.45) is 10.6 Å². The molecule has 116 valence electrons. The fourth-order valence-corrected chi connectivity index (χ4v) is 3.57. The summed E-state index contributed by atoms with van der Waals surface area (Å²) in [4.78, 5) is 4.10. The molecule has 8 heteroatoms. The first-order valence-electron chi connectivity index (χ1n) is 6.81. The average Bonchev–Trinajstić information content (AvgIpc) is 2.89. The Bertz CT molecular complexity index is 707. The maximum Gasteiger partial charge on any atom is 0.231 e. The highest BCUT2D eigenvalue weighted by Crippen LogP contribution is 2.28. The van der Waals surface area contributed by atoms with Gasteiger partial charge in [-0.1, -0.05) is 13.8 Å². The van der Waals surface area contributed by atoms with Crippen LogP contribution in [0.25, 0.3) is 5.65 Å². The topological polar surface area (TPSA) is 99.6 Å². The third-order valence-electron chi connectivity index (χ3n) is 3.76. The highest BCUT2D eigenvalue weighted by molar-refractivity contribution is 7.89. The molecular formula is C13H20N4O3S. The highest BCUT2D eigenvalue weighted by Gasteiger charge is 2.32. The number of fused-ring (bicyclic) bond motifs is 1. The van der Waals surface area contributed by atoms with Crippen LogP contribution in [-0.2, 0) is 10.0 Å². The number of nitrogens with zero attached hydrogens (tertiary/aromatic N) is 3. The van der Waals surface area contributed by atoms with Crippen LogP contribution < -0.4 is 9.88 Å². The van der Waals surface area contributed by atoms with E-state index in [4.69, 9.17) is 9.88 Å². The minimum absolute atomic E-state index is 0.0969. The molecule has 0 saturated carbocycles. The molecule has 0 spiro atoms. The molecule has 0 fully saturated rings. The minimum atomic E-state index is -3.55. The molecule has 0 saturated heterocycles. The Morgan fingerprint density at radius 2 is 2.05 bits per heavy atom. The third kappa shape index (κ3) is 3.92. The fraction of sp³-hybridized carbons (Fsp3) is 0.538. The molecule has 0 aliphatic carbocycles. The summed E-state index contributed by atoms with van der Waals surface area (Å²) >= 11 is 0. The van der Waals surface area contributed by atoms with Crippen molar-refractivity contribution in [2.45, 2.75) is 26.7 Å². The number of hydrogen-bond donors (Lipinski definition) is 1. The molecule has 0 unspecified atom stereocenters. The van der Waals surface area contributed by atoms with Crippen molar-refractivity contribution in [1.29, 1.82) is 0 Å². The number of aromatic nitrogens is 3. The van der Waals surface area contributed by atoms with Crippen molar-refractivity contribution in [1.82, 2.24) is 14.6 Å². The molecule has 2 aromatic heterocycles. The first-order valence-corrected chi connectivity index (χ1v) is 8.53. The van der Waals surface area contributed by atoms with Crippen LogP contribution in [0.2, 0.25) is 0 Å². The van der Waals surface area contributed by atoms with Crippen molar-refractivity contribution < 1.29 is 13.2 Å². The molecule has 0 aliphatic heterocycles. The average molecular weight is 312 g/mol. The van der Waals surface area contributed by atoms with E-state index in [1.165, 1.54) is 0 Å². The first kappa shape index (κ1) is 15.7. The summed E-state index contributed by atoms with van der Waals surface area (Å²) in [5.74, 6) is 0.335. The molecule has 0 aliphatic rings. The maximum atomic E-state index is 11.4. The largest absolute Gasteiger partial charge is 0.476 e. The highest BCUT2D eigenvalue weighted by atomic mass is 32.2. The van der Waals surface area contributed by atoms with Crippen LogP contribution in [0.1, 0.15) is 26.7 Å². The van der Waals surface area contributed by atoms with Gasteiger partial charge in [-0.3, -0.25) is 0 Å². The summed E-state index contributed by atoms with van der Waals surface area (Å²) in [6, 6.07) is 3.51. The van der Waals surface area contributed by atoms with E-state index in [1.807, 2.05) is 13.8 Å². The van der Waals surface area contributed by atoms with Crippen molar-refractivity contribution in [2.75, 3.05) is 12.4 Å². The van der Waals surface area contributed by atoms with Crippen molar-refractivity contribution >= 4 is 15.7 Å². The van der Waals surface area contributed by atoms with Gasteiger partial charge in [0.05, 0.1) is 12.4 Å². The molecule has 2 rings (SSSR count). The Balaban J connectivity index is 2.13. The molecule has 2 aromatic rings. The summed E-state index contributed by atoms with van der Waals surface area (Å²) in [6.45, 7) is 4.12. The van der Waals surface area contributed by atoms with Crippen molar-refractivity contribution in [3.8, 4) is 5.88 Å². The SMILES string of the molecule is CCC(CC)(COc1ccc2nccn2n1)CS(N)(=O)=O. The van der Waals surface area contributed by atoms with Crippen LogP contribution >= 0.6 is 0 Å². The Morgan fingerprint density at radius 3 is 2.67 bits per heavy atom. The van der Waals surface area contributed by atoms with Crippen LogP contribution in [-0.4, -0.2) is 35.4 Å². The zero-order chi connectivity index (χ0) is 15.5. The standard InChI is InChI=1S/C13H20N4O3S/c1-3-13(4-2,10-21(14,18)19)9-20-12-6-5-11-15-7-8-17(11)16-12/h5-8H,3-4,9-10H2,1-2H3,(H2,14,18,19). The van der Waals surface area contributed by atoms with Gasteiger partial charge in [-0.15, -0.1) is 5.10 Å². The predicted octanol–water partition coefficient (Wildman–Crippen LogP) is 1.20. The van der Waals surface area contributed by atoms with E-state index in [9.17, 15) is 8.42 Å². The van der Waals surface area contributed by atoms with Gasteiger partial charge < -0.3 is 4.74 Å². The van der Waals surface area contributed by atoms with E-state index in [2.05, 4.69) is 10.1 Å². The predicted molar refractivity (Wildman–Crippen MR) is 79.5 cm³/mol. The Morgan fingerprint density at radius 1 is 1.33 bits per heavy atom. The second-order valence-electron chi connectivity index (χ2n) is 5.20. The van der Waals surface area contributed by atoms with E-state index in [0.29, 0.717) is 18.7 Å². The zero-order valence-corrected chi connectivity index (χ0v) is 13.0. The molecule has 7 nitrogen and oxygen atoms in total. The number of hydrogen-bond acceptors (Lipinski definition) is 5. The lowest BCUT2D eigenvalue weighted by Gasteiger charge is -2.30. The van der Waals surface area contributed by atoms with E-state index in [-0.39, 0.29) is 12.4 Å². The van der Waals surface area contributed by atoms with Crippen molar-refractivity contribution in [3.63, 3.8) is 0 Å². The lowest BCUT2D eigenvalue weighted by molar-refractivity contribution is 0.148. The Hall–Kier alpha value is -1.67. The molecule has 2 N–H and O–H groups in total. The van der Waals surface area contributed by atoms with Gasteiger partial charge in [0.15, 0.2) is 5.65 Å². The van der Waals surface area contributed by atoms with Gasteiger partial charge in [0.2, 0.25) is 15.9 Å². The normalized spacial score (nSPS) is 12.7. The molecule has 0 aromatic carbocycles. The fourth-order valence-electron chi connectivity index (χ4n) is 2.23. The van der Waals surface area contributed by atoms with Crippen LogP contribution in [0.3, 0.4) is 0 Å². The van der Waals surface area contributed by atoms with Gasteiger partial charge >= 0.3 is 0 Å².